The summed E-state index contributed by atoms with van der Waals surface area (Å²) in [6.45, 7) is 1.53. The fourth-order valence-electron chi connectivity index (χ4n) is 2.81. The molecular formula is C22H27NO6. The van der Waals surface area contributed by atoms with E-state index in [0.29, 0.717) is 11.5 Å². The van der Waals surface area contributed by atoms with Gasteiger partial charge in [-0.15, -0.1) is 0 Å². The molecule has 0 saturated heterocycles. The van der Waals surface area contributed by atoms with E-state index in [2.05, 4.69) is 5.32 Å². The van der Waals surface area contributed by atoms with Gasteiger partial charge >= 0.3 is 5.97 Å². The van der Waals surface area contributed by atoms with Crippen LogP contribution in [0, 0.1) is 0 Å². The molecule has 2 rings (SSSR count). The van der Waals surface area contributed by atoms with Crippen LogP contribution in [0.3, 0.4) is 0 Å². The number of carbonyl (C=O) groups excluding carboxylic acids is 2. The van der Waals surface area contributed by atoms with Gasteiger partial charge in [-0.1, -0.05) is 30.3 Å². The molecule has 0 aromatic heterocycles. The van der Waals surface area contributed by atoms with Crippen LogP contribution < -0.4 is 19.5 Å². The smallest absolute Gasteiger partial charge is 0.342 e. The molecule has 0 unspecified atom stereocenters. The minimum atomic E-state index is -0.685. The zero-order valence-electron chi connectivity index (χ0n) is 17.2. The lowest BCUT2D eigenvalue weighted by molar-refractivity contribution is -0.124. The average molecular weight is 401 g/mol. The van der Waals surface area contributed by atoms with Gasteiger partial charge in [-0.3, -0.25) is 4.79 Å². The van der Waals surface area contributed by atoms with Gasteiger partial charge in [-0.2, -0.15) is 0 Å². The van der Waals surface area contributed by atoms with Crippen LogP contribution in [-0.2, 0) is 16.0 Å². The Morgan fingerprint density at radius 3 is 2.17 bits per heavy atom. The molecule has 1 N–H and O–H groups in total. The molecule has 0 aliphatic heterocycles. The number of hydrogen-bond donors (Lipinski definition) is 1. The first-order chi connectivity index (χ1) is 14.0. The number of carbonyl (C=O) groups is 2. The third-order valence-electron chi connectivity index (χ3n) is 4.38. The summed E-state index contributed by atoms with van der Waals surface area (Å²) in [6, 6.07) is 13.0. The molecule has 0 saturated carbocycles. The maximum absolute atomic E-state index is 12.4. The number of aryl methyl sites for hydroxylation is 1. The Kier molecular flexibility index (Phi) is 8.33. The summed E-state index contributed by atoms with van der Waals surface area (Å²) in [6.07, 6.45) is 1.64. The fourth-order valence-corrected chi connectivity index (χ4v) is 2.81. The quantitative estimate of drug-likeness (QED) is 0.616. The Hall–Kier alpha value is -3.22. The van der Waals surface area contributed by atoms with E-state index in [1.165, 1.54) is 39.0 Å². The van der Waals surface area contributed by atoms with E-state index in [0.717, 1.165) is 12.8 Å². The predicted molar refractivity (Wildman–Crippen MR) is 109 cm³/mol. The lowest BCUT2D eigenvalue weighted by Crippen LogP contribution is -2.36. The molecule has 2 aromatic carbocycles. The number of amides is 1. The van der Waals surface area contributed by atoms with Crippen LogP contribution >= 0.6 is 0 Å². The third kappa shape index (κ3) is 6.41. The molecule has 0 fully saturated rings. The predicted octanol–water partition coefficient (Wildman–Crippen LogP) is 3.01. The maximum atomic E-state index is 12.4. The second-order valence-corrected chi connectivity index (χ2v) is 6.48. The van der Waals surface area contributed by atoms with Crippen molar-refractivity contribution in [2.24, 2.45) is 0 Å². The lowest BCUT2D eigenvalue weighted by atomic mass is 10.1. The fraction of sp³-hybridized carbons (Fsp3) is 0.364. The second kappa shape index (κ2) is 10.9. The van der Waals surface area contributed by atoms with Gasteiger partial charge in [0.25, 0.3) is 5.91 Å². The van der Waals surface area contributed by atoms with Crippen molar-refractivity contribution in [1.29, 1.82) is 0 Å². The first-order valence-electron chi connectivity index (χ1n) is 9.28. The average Bonchev–Trinajstić information content (AvgIpc) is 2.75. The summed E-state index contributed by atoms with van der Waals surface area (Å²) in [4.78, 5) is 24.5. The van der Waals surface area contributed by atoms with Crippen molar-refractivity contribution in [3.63, 3.8) is 0 Å². The molecule has 1 amide bonds. The summed E-state index contributed by atoms with van der Waals surface area (Å²) >= 11 is 0. The summed E-state index contributed by atoms with van der Waals surface area (Å²) in [7, 11) is 4.38. The highest BCUT2D eigenvalue weighted by atomic mass is 16.5. The Bertz CT molecular complexity index is 822. The van der Waals surface area contributed by atoms with Crippen LogP contribution in [0.4, 0.5) is 0 Å². The van der Waals surface area contributed by atoms with Gasteiger partial charge in [0.05, 0.1) is 21.3 Å². The zero-order chi connectivity index (χ0) is 21.2. The van der Waals surface area contributed by atoms with E-state index in [-0.39, 0.29) is 29.9 Å². The molecule has 7 nitrogen and oxygen atoms in total. The molecule has 0 heterocycles. The minimum Gasteiger partial charge on any atom is -0.496 e. The maximum Gasteiger partial charge on any atom is 0.342 e. The van der Waals surface area contributed by atoms with Gasteiger partial charge < -0.3 is 24.3 Å². The standard InChI is InChI=1S/C22H27NO6/c1-15(10-11-16-8-6-5-7-9-16)23-21(24)14-29-22(25)17-12-19(27-3)20(28-4)13-18(17)26-2/h5-9,12-13,15H,10-11,14H2,1-4H3,(H,23,24)/t15-/m0/s1. The normalized spacial score (nSPS) is 11.3. The highest BCUT2D eigenvalue weighted by Gasteiger charge is 2.20. The topological polar surface area (TPSA) is 83.1 Å². The number of benzene rings is 2. The summed E-state index contributed by atoms with van der Waals surface area (Å²) < 4.78 is 20.7. The van der Waals surface area contributed by atoms with Crippen LogP contribution in [0.5, 0.6) is 17.2 Å². The lowest BCUT2D eigenvalue weighted by Gasteiger charge is -2.15. The Balaban J connectivity index is 1.88. The van der Waals surface area contributed by atoms with Crippen molar-refractivity contribution in [2.45, 2.75) is 25.8 Å². The molecule has 1 atom stereocenters. The number of methoxy groups -OCH3 is 3. The van der Waals surface area contributed by atoms with E-state index in [4.69, 9.17) is 18.9 Å². The molecule has 2 aromatic rings. The molecular weight excluding hydrogens is 374 g/mol. The highest BCUT2D eigenvalue weighted by molar-refractivity contribution is 5.95. The van der Waals surface area contributed by atoms with Gasteiger partial charge in [0.15, 0.2) is 18.1 Å². The van der Waals surface area contributed by atoms with Gasteiger partial charge in [-0.25, -0.2) is 4.79 Å². The molecule has 7 heteroatoms. The van der Waals surface area contributed by atoms with Crippen molar-refractivity contribution in [3.8, 4) is 17.2 Å². The van der Waals surface area contributed by atoms with Gasteiger partial charge in [0, 0.05) is 18.2 Å². The Morgan fingerprint density at radius 2 is 1.55 bits per heavy atom. The highest BCUT2D eigenvalue weighted by Crippen LogP contribution is 2.34. The summed E-state index contributed by atoms with van der Waals surface area (Å²) in [5.74, 6) is 0.00246. The number of hydrogen-bond acceptors (Lipinski definition) is 6. The van der Waals surface area contributed by atoms with Crippen LogP contribution in [0.15, 0.2) is 42.5 Å². The van der Waals surface area contributed by atoms with Crippen LogP contribution in [0.2, 0.25) is 0 Å². The van der Waals surface area contributed by atoms with Crippen molar-refractivity contribution in [1.82, 2.24) is 5.32 Å². The van der Waals surface area contributed by atoms with Crippen molar-refractivity contribution < 1.29 is 28.5 Å². The Morgan fingerprint density at radius 1 is 0.931 bits per heavy atom. The van der Waals surface area contributed by atoms with E-state index in [9.17, 15) is 9.59 Å². The number of rotatable bonds is 10. The first kappa shape index (κ1) is 22.1. The SMILES string of the molecule is COc1cc(OC)c(C(=O)OCC(=O)N[C@@H](C)CCc2ccccc2)cc1OC. The molecule has 0 spiro atoms. The first-order valence-corrected chi connectivity index (χ1v) is 9.28. The van der Waals surface area contributed by atoms with E-state index >= 15 is 0 Å². The van der Waals surface area contributed by atoms with Crippen molar-refractivity contribution >= 4 is 11.9 Å². The van der Waals surface area contributed by atoms with Crippen LogP contribution in [0.1, 0.15) is 29.3 Å². The van der Waals surface area contributed by atoms with E-state index in [1.807, 2.05) is 37.3 Å². The van der Waals surface area contributed by atoms with Crippen molar-refractivity contribution in [2.75, 3.05) is 27.9 Å². The van der Waals surface area contributed by atoms with Gasteiger partial charge in [0.2, 0.25) is 0 Å². The monoisotopic (exact) mass is 401 g/mol. The Labute approximate surface area is 170 Å². The summed E-state index contributed by atoms with van der Waals surface area (Å²) in [5.41, 5.74) is 1.36. The number of nitrogens with one attached hydrogen (secondary N) is 1. The zero-order valence-corrected chi connectivity index (χ0v) is 17.2. The largest absolute Gasteiger partial charge is 0.496 e. The minimum absolute atomic E-state index is 0.0444. The van der Waals surface area contributed by atoms with Crippen LogP contribution in [-0.4, -0.2) is 45.9 Å². The molecule has 156 valence electrons. The molecule has 0 radical (unpaired) electrons. The molecule has 0 aliphatic rings. The van der Waals surface area contributed by atoms with Crippen LogP contribution in [0.25, 0.3) is 0 Å². The van der Waals surface area contributed by atoms with Crippen molar-refractivity contribution in [3.05, 3.63) is 53.6 Å². The second-order valence-electron chi connectivity index (χ2n) is 6.48. The van der Waals surface area contributed by atoms with Gasteiger partial charge in [-0.05, 0) is 25.3 Å². The molecule has 0 aliphatic carbocycles. The molecule has 29 heavy (non-hydrogen) atoms. The number of esters is 1. The number of ether oxygens (including phenoxy) is 4. The molecule has 0 bridgehead atoms. The van der Waals surface area contributed by atoms with E-state index < -0.39 is 5.97 Å². The summed E-state index contributed by atoms with van der Waals surface area (Å²) in [5, 5.41) is 2.83. The third-order valence-corrected chi connectivity index (χ3v) is 4.38. The van der Waals surface area contributed by atoms with E-state index in [1.54, 1.807) is 0 Å². The van der Waals surface area contributed by atoms with Gasteiger partial charge in [0.1, 0.15) is 11.3 Å².